The van der Waals surface area contributed by atoms with Gasteiger partial charge in [-0.15, -0.1) is 0 Å². The van der Waals surface area contributed by atoms with E-state index in [1.807, 2.05) is 13.8 Å². The van der Waals surface area contributed by atoms with E-state index >= 15 is 0 Å². The molecule has 4 heterocycles. The molecule has 3 aromatic heterocycles. The number of aryl methyl sites for hydroxylation is 1. The summed E-state index contributed by atoms with van der Waals surface area (Å²) in [5.41, 5.74) is 6.12. The van der Waals surface area contributed by atoms with Crippen LogP contribution in [0.1, 0.15) is 71.6 Å². The van der Waals surface area contributed by atoms with Gasteiger partial charge in [0.1, 0.15) is 17.1 Å². The molecule has 1 aliphatic heterocycles. The van der Waals surface area contributed by atoms with Crippen molar-refractivity contribution in [3.8, 4) is 0 Å². The second-order valence-electron chi connectivity index (χ2n) is 8.15. The number of alkyl halides is 3. The second kappa shape index (κ2) is 7.54. The van der Waals surface area contributed by atoms with Crippen LogP contribution in [0, 0.1) is 6.92 Å². The number of amides is 1. The molecule has 0 aliphatic carbocycles. The number of hydrogen-bond acceptors (Lipinski definition) is 6. The van der Waals surface area contributed by atoms with Gasteiger partial charge in [0.2, 0.25) is 0 Å². The lowest BCUT2D eigenvalue weighted by Crippen LogP contribution is -2.38. The number of carbonyl (C=O) groups excluding carboxylic acids is 1. The lowest BCUT2D eigenvalue weighted by molar-refractivity contribution is -0.136. The molecular formula is C20H23F3N6O2. The van der Waals surface area contributed by atoms with E-state index in [0.29, 0.717) is 48.6 Å². The predicted octanol–water partition coefficient (Wildman–Crippen LogP) is 4.00. The molecule has 1 aliphatic rings. The summed E-state index contributed by atoms with van der Waals surface area (Å²) in [6.07, 6.45) is -3.60. The van der Waals surface area contributed by atoms with E-state index in [9.17, 15) is 18.0 Å². The Morgan fingerprint density at radius 3 is 2.61 bits per heavy atom. The highest BCUT2D eigenvalue weighted by molar-refractivity contribution is 5.96. The normalized spacial score (nSPS) is 15.9. The zero-order valence-electron chi connectivity index (χ0n) is 17.4. The van der Waals surface area contributed by atoms with Gasteiger partial charge in [-0.25, -0.2) is 4.98 Å². The molecule has 0 bridgehead atoms. The number of aromatic nitrogens is 4. The van der Waals surface area contributed by atoms with Gasteiger partial charge < -0.3 is 15.2 Å². The van der Waals surface area contributed by atoms with Crippen molar-refractivity contribution >= 4 is 22.8 Å². The first-order valence-corrected chi connectivity index (χ1v) is 10.0. The number of nitrogen functional groups attached to an aromatic ring is 1. The van der Waals surface area contributed by atoms with Gasteiger partial charge in [-0.3, -0.25) is 9.89 Å². The van der Waals surface area contributed by atoms with E-state index in [1.54, 1.807) is 11.8 Å². The molecule has 8 nitrogen and oxygen atoms in total. The first-order chi connectivity index (χ1) is 14.6. The highest BCUT2D eigenvalue weighted by Gasteiger charge is 2.37. The van der Waals surface area contributed by atoms with E-state index in [1.165, 1.54) is 0 Å². The monoisotopic (exact) mass is 436 g/mol. The van der Waals surface area contributed by atoms with E-state index < -0.39 is 11.7 Å². The lowest BCUT2D eigenvalue weighted by atomic mass is 9.91. The van der Waals surface area contributed by atoms with Crippen LogP contribution in [0.2, 0.25) is 0 Å². The van der Waals surface area contributed by atoms with E-state index in [0.717, 1.165) is 6.07 Å². The number of aromatic amines is 1. The lowest BCUT2D eigenvalue weighted by Gasteiger charge is -2.32. The van der Waals surface area contributed by atoms with Gasteiger partial charge in [-0.2, -0.15) is 18.3 Å². The summed E-state index contributed by atoms with van der Waals surface area (Å²) in [5, 5.41) is 9.98. The van der Waals surface area contributed by atoms with E-state index in [-0.39, 0.29) is 34.6 Å². The average molecular weight is 436 g/mol. The minimum atomic E-state index is -4.58. The molecule has 1 amide bonds. The fourth-order valence-electron chi connectivity index (χ4n) is 4.08. The summed E-state index contributed by atoms with van der Waals surface area (Å²) < 4.78 is 46.0. The number of likely N-dealkylation sites (tertiary alicyclic amines) is 1. The first kappa shape index (κ1) is 21.1. The molecule has 166 valence electrons. The molecule has 0 radical (unpaired) electrons. The van der Waals surface area contributed by atoms with Crippen LogP contribution in [0.25, 0.3) is 11.0 Å². The summed E-state index contributed by atoms with van der Waals surface area (Å²) in [7, 11) is 0. The van der Waals surface area contributed by atoms with Crippen LogP contribution < -0.4 is 5.73 Å². The fourth-order valence-corrected chi connectivity index (χ4v) is 4.08. The maximum Gasteiger partial charge on any atom is 0.417 e. The van der Waals surface area contributed by atoms with Crippen LogP contribution in [0.4, 0.5) is 19.0 Å². The van der Waals surface area contributed by atoms with Gasteiger partial charge in [-0.1, -0.05) is 19.0 Å². The van der Waals surface area contributed by atoms with Crippen molar-refractivity contribution in [2.24, 2.45) is 0 Å². The molecular weight excluding hydrogens is 413 g/mol. The van der Waals surface area contributed by atoms with Crippen molar-refractivity contribution in [3.05, 3.63) is 34.3 Å². The topological polar surface area (TPSA) is 114 Å². The average Bonchev–Trinajstić information content (AvgIpc) is 3.29. The molecule has 0 spiro atoms. The summed E-state index contributed by atoms with van der Waals surface area (Å²) in [6.45, 7) is 6.36. The number of piperidine rings is 1. The summed E-state index contributed by atoms with van der Waals surface area (Å²) >= 11 is 0. The smallest absolute Gasteiger partial charge is 0.383 e. The van der Waals surface area contributed by atoms with Crippen molar-refractivity contribution in [3.63, 3.8) is 0 Å². The number of anilines is 1. The Balaban J connectivity index is 1.56. The molecule has 3 aromatic rings. The minimum Gasteiger partial charge on any atom is -0.383 e. The minimum absolute atomic E-state index is 0.0342. The Morgan fingerprint density at radius 2 is 2.00 bits per heavy atom. The molecule has 11 heteroatoms. The molecule has 0 unspecified atom stereocenters. The number of fused-ring (bicyclic) bond motifs is 1. The van der Waals surface area contributed by atoms with Gasteiger partial charge in [0.15, 0.2) is 5.65 Å². The number of hydrogen-bond donors (Lipinski definition) is 2. The van der Waals surface area contributed by atoms with Crippen LogP contribution in [-0.2, 0) is 6.18 Å². The van der Waals surface area contributed by atoms with Crippen molar-refractivity contribution in [1.29, 1.82) is 0 Å². The van der Waals surface area contributed by atoms with Crippen molar-refractivity contribution < 1.29 is 22.5 Å². The third kappa shape index (κ3) is 3.72. The van der Waals surface area contributed by atoms with Gasteiger partial charge in [-0.05, 0) is 31.7 Å². The van der Waals surface area contributed by atoms with Gasteiger partial charge in [0, 0.05) is 24.7 Å². The Kier molecular flexibility index (Phi) is 5.14. The Bertz CT molecular complexity index is 1130. The van der Waals surface area contributed by atoms with Gasteiger partial charge in [0.05, 0.1) is 16.6 Å². The largest absolute Gasteiger partial charge is 0.417 e. The molecule has 31 heavy (non-hydrogen) atoms. The van der Waals surface area contributed by atoms with Crippen molar-refractivity contribution in [1.82, 2.24) is 25.2 Å². The van der Waals surface area contributed by atoms with Crippen LogP contribution in [0.3, 0.4) is 0 Å². The van der Waals surface area contributed by atoms with Crippen LogP contribution in [0.15, 0.2) is 10.6 Å². The molecule has 3 N–H and O–H groups in total. The van der Waals surface area contributed by atoms with Crippen LogP contribution in [0.5, 0.6) is 0 Å². The number of halogens is 3. The third-order valence-corrected chi connectivity index (χ3v) is 5.73. The Hall–Kier alpha value is -3.11. The second-order valence-corrected chi connectivity index (χ2v) is 8.15. The van der Waals surface area contributed by atoms with Gasteiger partial charge in [0.25, 0.3) is 5.91 Å². The number of nitrogens with one attached hydrogen (secondary N) is 1. The number of pyridine rings is 1. The van der Waals surface area contributed by atoms with E-state index in [4.69, 9.17) is 10.3 Å². The molecule has 4 rings (SSSR count). The Morgan fingerprint density at radius 1 is 1.32 bits per heavy atom. The molecule has 0 atom stereocenters. The molecule has 0 aromatic carbocycles. The summed E-state index contributed by atoms with van der Waals surface area (Å²) in [5.74, 6) is -0.0476. The van der Waals surface area contributed by atoms with Crippen molar-refractivity contribution in [2.75, 3.05) is 18.8 Å². The Labute approximate surface area is 176 Å². The van der Waals surface area contributed by atoms with Gasteiger partial charge >= 0.3 is 6.18 Å². The van der Waals surface area contributed by atoms with E-state index in [2.05, 4.69) is 20.3 Å². The predicted molar refractivity (Wildman–Crippen MR) is 107 cm³/mol. The number of nitrogens with zero attached hydrogens (tertiary/aromatic N) is 4. The first-order valence-electron chi connectivity index (χ1n) is 10.0. The summed E-state index contributed by atoms with van der Waals surface area (Å²) in [4.78, 5) is 19.1. The summed E-state index contributed by atoms with van der Waals surface area (Å²) in [6, 6.07) is 1.05. The zero-order valence-corrected chi connectivity index (χ0v) is 17.4. The molecule has 0 saturated carbocycles. The SMILES string of the molecule is Cc1onc(C(C)C)c1C(=O)N1CCC(c2cc(C(F)(F)F)c3c(N)[nH]nc3n2)CC1. The maximum atomic E-state index is 13.6. The number of nitrogens with two attached hydrogens (primary N) is 1. The maximum absolute atomic E-state index is 13.6. The molecule has 1 fully saturated rings. The molecule has 1 saturated heterocycles. The third-order valence-electron chi connectivity index (χ3n) is 5.73. The standard InChI is InChI=1S/C20H23F3N6O2/c1-9(2)16-14(10(3)31-28-16)19(30)29-6-4-11(5-7-29)13-8-12(20(21,22)23)15-17(24)26-27-18(15)25-13/h8-9,11H,4-7H2,1-3H3,(H3,24,25,26,27). The highest BCUT2D eigenvalue weighted by atomic mass is 19.4. The van der Waals surface area contributed by atoms with Crippen LogP contribution in [-0.4, -0.2) is 44.2 Å². The number of rotatable bonds is 3. The number of carbonyl (C=O) groups is 1. The number of H-pyrrole nitrogens is 1. The quantitative estimate of drug-likeness (QED) is 0.642. The fraction of sp³-hybridized carbons (Fsp3) is 0.500. The van der Waals surface area contributed by atoms with Crippen molar-refractivity contribution in [2.45, 2.75) is 51.6 Å². The highest BCUT2D eigenvalue weighted by Crippen LogP contribution is 2.39. The zero-order chi connectivity index (χ0) is 22.5. The van der Waals surface area contributed by atoms with Crippen LogP contribution >= 0.6 is 0 Å².